The number of para-hydroxylation sites is 1. The molecule has 0 aliphatic carbocycles. The van der Waals surface area contributed by atoms with Crippen molar-refractivity contribution >= 4 is 10.8 Å². The molecule has 4 heteroatoms. The van der Waals surface area contributed by atoms with Gasteiger partial charge in [-0.2, -0.15) is 0 Å². The molecule has 120 valence electrons. The van der Waals surface area contributed by atoms with E-state index in [0.29, 0.717) is 18.3 Å². The molecule has 21 heavy (non-hydrogen) atoms. The summed E-state index contributed by atoms with van der Waals surface area (Å²) in [4.78, 5) is 0. The molecule has 1 aromatic rings. The molecular formula is C17H29NO2S. The predicted octanol–water partition coefficient (Wildman–Crippen LogP) is 3.53. The Labute approximate surface area is 131 Å². The molecule has 0 bridgehead atoms. The Morgan fingerprint density at radius 1 is 1.19 bits per heavy atom. The van der Waals surface area contributed by atoms with Crippen molar-refractivity contribution in [3.8, 4) is 5.75 Å². The normalized spacial score (nSPS) is 15.4. The van der Waals surface area contributed by atoms with E-state index in [4.69, 9.17) is 4.74 Å². The molecule has 0 saturated heterocycles. The molecule has 0 aliphatic heterocycles. The molecule has 1 N–H and O–H groups in total. The summed E-state index contributed by atoms with van der Waals surface area (Å²) >= 11 is 0. The Morgan fingerprint density at radius 3 is 2.52 bits per heavy atom. The van der Waals surface area contributed by atoms with Gasteiger partial charge in [0, 0.05) is 33.9 Å². The molecular weight excluding hydrogens is 282 g/mol. The molecule has 0 spiro atoms. The van der Waals surface area contributed by atoms with Gasteiger partial charge in [-0.25, -0.2) is 0 Å². The SMILES string of the molecule is CCNC(CS(=O)CC(C)CC)c1ccccc1OCC. The summed E-state index contributed by atoms with van der Waals surface area (Å²) < 4.78 is 18.1. The van der Waals surface area contributed by atoms with Gasteiger partial charge in [0.05, 0.1) is 6.61 Å². The van der Waals surface area contributed by atoms with Crippen LogP contribution in [0.4, 0.5) is 0 Å². The van der Waals surface area contributed by atoms with Crippen LogP contribution in [0.25, 0.3) is 0 Å². The zero-order valence-corrected chi connectivity index (χ0v) is 14.5. The predicted molar refractivity (Wildman–Crippen MR) is 91.4 cm³/mol. The molecule has 0 saturated carbocycles. The van der Waals surface area contributed by atoms with Crippen molar-refractivity contribution < 1.29 is 8.95 Å². The number of hydrogen-bond acceptors (Lipinski definition) is 3. The van der Waals surface area contributed by atoms with E-state index in [1.54, 1.807) is 0 Å². The summed E-state index contributed by atoms with van der Waals surface area (Å²) in [5.41, 5.74) is 1.11. The standard InChI is InChI=1S/C17H29NO2S/c1-5-14(4)12-21(19)13-16(18-6-2)15-10-8-9-11-17(15)20-7-3/h8-11,14,16,18H,5-7,12-13H2,1-4H3. The van der Waals surface area contributed by atoms with E-state index >= 15 is 0 Å². The van der Waals surface area contributed by atoms with Crippen molar-refractivity contribution in [1.82, 2.24) is 5.32 Å². The van der Waals surface area contributed by atoms with Gasteiger partial charge in [0.2, 0.25) is 0 Å². The summed E-state index contributed by atoms with van der Waals surface area (Å²) in [5, 5.41) is 3.45. The van der Waals surface area contributed by atoms with Crippen LogP contribution in [0.1, 0.15) is 45.7 Å². The van der Waals surface area contributed by atoms with Gasteiger partial charge in [-0.3, -0.25) is 4.21 Å². The number of benzene rings is 1. The van der Waals surface area contributed by atoms with Crippen molar-refractivity contribution in [2.75, 3.05) is 24.7 Å². The molecule has 3 nitrogen and oxygen atoms in total. The molecule has 3 unspecified atom stereocenters. The van der Waals surface area contributed by atoms with Crippen molar-refractivity contribution in [1.29, 1.82) is 0 Å². The number of ether oxygens (including phenoxy) is 1. The fourth-order valence-electron chi connectivity index (χ4n) is 2.25. The van der Waals surface area contributed by atoms with Gasteiger partial charge >= 0.3 is 0 Å². The maximum atomic E-state index is 12.4. The molecule has 0 heterocycles. The molecule has 1 aromatic carbocycles. The largest absolute Gasteiger partial charge is 0.494 e. The lowest BCUT2D eigenvalue weighted by atomic mass is 10.1. The molecule has 0 aromatic heterocycles. The average Bonchev–Trinajstić information content (AvgIpc) is 2.47. The second-order valence-electron chi connectivity index (χ2n) is 5.37. The summed E-state index contributed by atoms with van der Waals surface area (Å²) in [6.45, 7) is 9.87. The van der Waals surface area contributed by atoms with Crippen molar-refractivity contribution in [2.24, 2.45) is 5.92 Å². The van der Waals surface area contributed by atoms with Gasteiger partial charge < -0.3 is 10.1 Å². The minimum Gasteiger partial charge on any atom is -0.494 e. The van der Waals surface area contributed by atoms with Gasteiger partial charge in [-0.15, -0.1) is 0 Å². The first-order valence-electron chi connectivity index (χ1n) is 7.92. The first kappa shape index (κ1) is 18.2. The molecule has 1 rings (SSSR count). The molecule has 0 aliphatic rings. The molecule has 3 atom stereocenters. The van der Waals surface area contributed by atoms with Crippen molar-refractivity contribution in [3.63, 3.8) is 0 Å². The zero-order valence-electron chi connectivity index (χ0n) is 13.7. The highest BCUT2D eigenvalue weighted by Crippen LogP contribution is 2.26. The first-order valence-corrected chi connectivity index (χ1v) is 9.41. The van der Waals surface area contributed by atoms with Crippen LogP contribution < -0.4 is 10.1 Å². The van der Waals surface area contributed by atoms with E-state index in [1.807, 2.05) is 25.1 Å². The molecule has 0 radical (unpaired) electrons. The van der Waals surface area contributed by atoms with Gasteiger partial charge in [-0.1, -0.05) is 45.4 Å². The van der Waals surface area contributed by atoms with Gasteiger partial charge in [0.25, 0.3) is 0 Å². The van der Waals surface area contributed by atoms with E-state index in [1.165, 1.54) is 0 Å². The van der Waals surface area contributed by atoms with E-state index < -0.39 is 10.8 Å². The van der Waals surface area contributed by atoms with Gasteiger partial charge in [0.15, 0.2) is 0 Å². The minimum absolute atomic E-state index is 0.0858. The van der Waals surface area contributed by atoms with Gasteiger partial charge in [-0.05, 0) is 25.5 Å². The monoisotopic (exact) mass is 311 g/mol. The Morgan fingerprint density at radius 2 is 1.90 bits per heavy atom. The third kappa shape index (κ3) is 6.18. The van der Waals surface area contributed by atoms with Crippen LogP contribution in [0.15, 0.2) is 24.3 Å². The van der Waals surface area contributed by atoms with Crippen LogP contribution >= 0.6 is 0 Å². The van der Waals surface area contributed by atoms with Crippen LogP contribution in [0.3, 0.4) is 0 Å². The topological polar surface area (TPSA) is 38.3 Å². The minimum atomic E-state index is -0.812. The van der Waals surface area contributed by atoms with Crippen LogP contribution in [0, 0.1) is 5.92 Å². The lowest BCUT2D eigenvalue weighted by Gasteiger charge is -2.21. The fourth-order valence-corrected chi connectivity index (χ4v) is 3.93. The summed E-state index contributed by atoms with van der Waals surface area (Å²) in [6, 6.07) is 8.13. The van der Waals surface area contributed by atoms with E-state index in [9.17, 15) is 4.21 Å². The van der Waals surface area contributed by atoms with E-state index in [0.717, 1.165) is 30.0 Å². The highest BCUT2D eigenvalue weighted by molar-refractivity contribution is 7.85. The highest BCUT2D eigenvalue weighted by Gasteiger charge is 2.18. The second kappa shape index (κ2) is 9.96. The maximum absolute atomic E-state index is 12.4. The summed E-state index contributed by atoms with van der Waals surface area (Å²) in [6.07, 6.45) is 1.08. The van der Waals surface area contributed by atoms with Crippen LogP contribution in [0.2, 0.25) is 0 Å². The third-order valence-corrected chi connectivity index (χ3v) is 5.21. The maximum Gasteiger partial charge on any atom is 0.124 e. The fraction of sp³-hybridized carbons (Fsp3) is 0.647. The van der Waals surface area contributed by atoms with Crippen LogP contribution in [0.5, 0.6) is 5.75 Å². The van der Waals surface area contributed by atoms with Gasteiger partial charge in [0.1, 0.15) is 5.75 Å². The van der Waals surface area contributed by atoms with Crippen LogP contribution in [-0.4, -0.2) is 28.9 Å². The quantitative estimate of drug-likeness (QED) is 0.718. The Kier molecular flexibility index (Phi) is 8.62. The van der Waals surface area contributed by atoms with Crippen molar-refractivity contribution in [3.05, 3.63) is 29.8 Å². The third-order valence-electron chi connectivity index (χ3n) is 3.56. The lowest BCUT2D eigenvalue weighted by Crippen LogP contribution is -2.28. The summed E-state index contributed by atoms with van der Waals surface area (Å²) in [5.74, 6) is 2.82. The average molecular weight is 311 g/mol. The van der Waals surface area contributed by atoms with Crippen LogP contribution in [-0.2, 0) is 10.8 Å². The number of rotatable bonds is 10. The zero-order chi connectivity index (χ0) is 15.7. The lowest BCUT2D eigenvalue weighted by molar-refractivity contribution is 0.333. The molecule has 0 amide bonds. The number of hydrogen-bond donors (Lipinski definition) is 1. The number of nitrogens with one attached hydrogen (secondary N) is 1. The first-order chi connectivity index (χ1) is 10.1. The molecule has 0 fully saturated rings. The highest BCUT2D eigenvalue weighted by atomic mass is 32.2. The smallest absolute Gasteiger partial charge is 0.124 e. The van der Waals surface area contributed by atoms with E-state index in [-0.39, 0.29) is 6.04 Å². The Hall–Kier alpha value is -0.870. The van der Waals surface area contributed by atoms with E-state index in [2.05, 4.69) is 32.2 Å². The Balaban J connectivity index is 2.83. The van der Waals surface area contributed by atoms with Crippen molar-refractivity contribution in [2.45, 2.75) is 40.2 Å². The Bertz CT molecular complexity index is 437. The summed E-state index contributed by atoms with van der Waals surface area (Å²) in [7, 11) is -0.812. The second-order valence-corrected chi connectivity index (χ2v) is 6.91.